The summed E-state index contributed by atoms with van der Waals surface area (Å²) < 4.78 is 5.19. The van der Waals surface area contributed by atoms with Crippen LogP contribution in [0.4, 0.5) is 0 Å². The van der Waals surface area contributed by atoms with Crippen LogP contribution in [-0.4, -0.2) is 12.9 Å². The second kappa shape index (κ2) is 12.3. The lowest BCUT2D eigenvalue weighted by molar-refractivity contribution is -0.118. The molecule has 0 fully saturated rings. The van der Waals surface area contributed by atoms with Crippen molar-refractivity contribution in [3.05, 3.63) is 29.8 Å². The molecule has 0 N–H and O–H groups in total. The normalized spacial score (nSPS) is 10.6. The molecule has 0 radical (unpaired) electrons. The molecule has 0 unspecified atom stereocenters. The van der Waals surface area contributed by atoms with Gasteiger partial charge < -0.3 is 4.74 Å². The number of rotatable bonds is 13. The first-order chi connectivity index (χ1) is 10.8. The minimum absolute atomic E-state index is 0.344. The van der Waals surface area contributed by atoms with Crippen LogP contribution in [0.5, 0.6) is 5.75 Å². The number of carbonyl (C=O) groups excluding carboxylic acids is 1. The molecule has 0 amide bonds. The van der Waals surface area contributed by atoms with Crippen LogP contribution in [0.2, 0.25) is 0 Å². The van der Waals surface area contributed by atoms with E-state index in [0.717, 1.165) is 17.7 Å². The Morgan fingerprint density at radius 2 is 1.59 bits per heavy atom. The third-order valence-electron chi connectivity index (χ3n) is 4.09. The topological polar surface area (TPSA) is 26.3 Å². The number of Topliss-reactive ketones (excluding diaryl/α,β-unsaturated/α-hetero) is 1. The summed E-state index contributed by atoms with van der Waals surface area (Å²) in [5.41, 5.74) is 1.06. The maximum absolute atomic E-state index is 12.0. The van der Waals surface area contributed by atoms with Crippen LogP contribution in [0.3, 0.4) is 0 Å². The van der Waals surface area contributed by atoms with Crippen LogP contribution < -0.4 is 4.74 Å². The van der Waals surface area contributed by atoms with Gasteiger partial charge in [-0.1, -0.05) is 70.4 Å². The van der Waals surface area contributed by atoms with Crippen molar-refractivity contribution >= 4 is 5.78 Å². The molecule has 0 saturated carbocycles. The van der Waals surface area contributed by atoms with E-state index in [2.05, 4.69) is 6.92 Å². The SMILES string of the molecule is CCCCCCCCCCCC(=O)Cc1cccc(OC)c1. The molecule has 0 heterocycles. The van der Waals surface area contributed by atoms with Gasteiger partial charge in [0.25, 0.3) is 0 Å². The fourth-order valence-corrected chi connectivity index (χ4v) is 2.73. The largest absolute Gasteiger partial charge is 0.497 e. The van der Waals surface area contributed by atoms with E-state index in [-0.39, 0.29) is 0 Å². The van der Waals surface area contributed by atoms with Crippen LogP contribution in [0.25, 0.3) is 0 Å². The van der Waals surface area contributed by atoms with Crippen molar-refractivity contribution in [2.45, 2.75) is 77.6 Å². The van der Waals surface area contributed by atoms with Crippen molar-refractivity contribution in [2.24, 2.45) is 0 Å². The fourth-order valence-electron chi connectivity index (χ4n) is 2.73. The molecule has 0 aliphatic rings. The number of unbranched alkanes of at least 4 members (excludes halogenated alkanes) is 8. The Labute approximate surface area is 136 Å². The van der Waals surface area contributed by atoms with Gasteiger partial charge in [0, 0.05) is 12.8 Å². The zero-order valence-electron chi connectivity index (χ0n) is 14.4. The summed E-state index contributed by atoms with van der Waals surface area (Å²) in [7, 11) is 1.66. The Hall–Kier alpha value is -1.31. The molecule has 0 bridgehead atoms. The summed E-state index contributed by atoms with van der Waals surface area (Å²) in [5.74, 6) is 1.17. The Bertz CT molecular complexity index is 412. The van der Waals surface area contributed by atoms with E-state index >= 15 is 0 Å². The smallest absolute Gasteiger partial charge is 0.137 e. The van der Waals surface area contributed by atoms with Crippen molar-refractivity contribution in [2.75, 3.05) is 7.11 Å². The number of hydrogen-bond donors (Lipinski definition) is 0. The van der Waals surface area contributed by atoms with Crippen LogP contribution in [0.15, 0.2) is 24.3 Å². The van der Waals surface area contributed by atoms with E-state index in [1.807, 2.05) is 24.3 Å². The highest BCUT2D eigenvalue weighted by Gasteiger charge is 2.04. The molecule has 124 valence electrons. The average molecular weight is 304 g/mol. The molecule has 1 aromatic rings. The van der Waals surface area contributed by atoms with Crippen LogP contribution in [0, 0.1) is 0 Å². The summed E-state index contributed by atoms with van der Waals surface area (Å²) in [6.07, 6.45) is 12.9. The van der Waals surface area contributed by atoms with E-state index in [1.54, 1.807) is 7.11 Å². The molecule has 1 rings (SSSR count). The molecular formula is C20H32O2. The molecule has 0 atom stereocenters. The first-order valence-electron chi connectivity index (χ1n) is 8.91. The predicted octanol–water partition coefficient (Wildman–Crippen LogP) is 5.73. The Balaban J connectivity index is 2.03. The minimum Gasteiger partial charge on any atom is -0.497 e. The summed E-state index contributed by atoms with van der Waals surface area (Å²) in [6, 6.07) is 7.80. The van der Waals surface area contributed by atoms with Crippen LogP contribution in [0.1, 0.15) is 76.7 Å². The second-order valence-corrected chi connectivity index (χ2v) is 6.15. The molecule has 0 spiro atoms. The van der Waals surface area contributed by atoms with Crippen molar-refractivity contribution in [1.29, 1.82) is 0 Å². The lowest BCUT2D eigenvalue weighted by Gasteiger charge is -2.05. The van der Waals surface area contributed by atoms with Gasteiger partial charge in [-0.2, -0.15) is 0 Å². The highest BCUT2D eigenvalue weighted by molar-refractivity contribution is 5.80. The number of ketones is 1. The molecule has 0 aliphatic heterocycles. The van der Waals surface area contributed by atoms with E-state index in [4.69, 9.17) is 4.74 Å². The number of hydrogen-bond acceptors (Lipinski definition) is 2. The summed E-state index contributed by atoms with van der Waals surface area (Å²) in [5, 5.41) is 0. The zero-order valence-corrected chi connectivity index (χ0v) is 14.4. The maximum atomic E-state index is 12.0. The lowest BCUT2D eigenvalue weighted by atomic mass is 10.0. The summed E-state index contributed by atoms with van der Waals surface area (Å²) in [4.78, 5) is 12.0. The number of methoxy groups -OCH3 is 1. The number of carbonyl (C=O) groups is 1. The highest BCUT2D eigenvalue weighted by atomic mass is 16.5. The van der Waals surface area contributed by atoms with Crippen molar-refractivity contribution in [3.63, 3.8) is 0 Å². The Kier molecular flexibility index (Phi) is 10.4. The van der Waals surface area contributed by atoms with Gasteiger partial charge in [0.05, 0.1) is 7.11 Å². The maximum Gasteiger partial charge on any atom is 0.137 e. The number of benzene rings is 1. The second-order valence-electron chi connectivity index (χ2n) is 6.15. The van der Waals surface area contributed by atoms with Crippen molar-refractivity contribution in [3.8, 4) is 5.75 Å². The van der Waals surface area contributed by atoms with Crippen LogP contribution >= 0.6 is 0 Å². The third-order valence-corrected chi connectivity index (χ3v) is 4.09. The van der Waals surface area contributed by atoms with Gasteiger partial charge in [-0.05, 0) is 24.1 Å². The molecule has 2 heteroatoms. The quantitative estimate of drug-likeness (QED) is 0.435. The number of ether oxygens (including phenoxy) is 1. The molecule has 0 aliphatic carbocycles. The van der Waals surface area contributed by atoms with Gasteiger partial charge in [-0.3, -0.25) is 4.79 Å². The summed E-state index contributed by atoms with van der Waals surface area (Å²) in [6.45, 7) is 2.25. The summed E-state index contributed by atoms with van der Waals surface area (Å²) >= 11 is 0. The molecule has 0 saturated heterocycles. The third kappa shape index (κ3) is 8.86. The Morgan fingerprint density at radius 1 is 0.955 bits per heavy atom. The first kappa shape index (κ1) is 18.7. The molecule has 2 nitrogen and oxygen atoms in total. The van der Waals surface area contributed by atoms with Gasteiger partial charge in [0.15, 0.2) is 0 Å². The first-order valence-corrected chi connectivity index (χ1v) is 8.91. The van der Waals surface area contributed by atoms with Gasteiger partial charge in [-0.15, -0.1) is 0 Å². The minimum atomic E-state index is 0.344. The van der Waals surface area contributed by atoms with E-state index in [0.29, 0.717) is 18.6 Å². The van der Waals surface area contributed by atoms with E-state index < -0.39 is 0 Å². The molecule has 0 aromatic heterocycles. The lowest BCUT2D eigenvalue weighted by Crippen LogP contribution is -2.02. The van der Waals surface area contributed by atoms with Crippen molar-refractivity contribution in [1.82, 2.24) is 0 Å². The zero-order chi connectivity index (χ0) is 16.0. The van der Waals surface area contributed by atoms with Gasteiger partial charge >= 0.3 is 0 Å². The molecular weight excluding hydrogens is 272 g/mol. The Morgan fingerprint density at radius 3 is 2.23 bits per heavy atom. The fraction of sp³-hybridized carbons (Fsp3) is 0.650. The standard InChI is InChI=1S/C20H32O2/c1-3-4-5-6-7-8-9-10-11-14-19(21)16-18-13-12-15-20(17-18)22-2/h12-13,15,17H,3-11,14,16H2,1-2H3. The van der Waals surface area contributed by atoms with E-state index in [9.17, 15) is 4.79 Å². The van der Waals surface area contributed by atoms with Gasteiger partial charge in [0.1, 0.15) is 11.5 Å². The average Bonchev–Trinajstić information content (AvgIpc) is 2.53. The molecule has 22 heavy (non-hydrogen) atoms. The van der Waals surface area contributed by atoms with Crippen molar-refractivity contribution < 1.29 is 9.53 Å². The molecule has 1 aromatic carbocycles. The predicted molar refractivity (Wildman–Crippen MR) is 93.5 cm³/mol. The van der Waals surface area contributed by atoms with E-state index in [1.165, 1.54) is 51.4 Å². The van der Waals surface area contributed by atoms with Crippen LogP contribution in [-0.2, 0) is 11.2 Å². The van der Waals surface area contributed by atoms with Gasteiger partial charge in [-0.25, -0.2) is 0 Å². The highest BCUT2D eigenvalue weighted by Crippen LogP contribution is 2.15. The van der Waals surface area contributed by atoms with Gasteiger partial charge in [0.2, 0.25) is 0 Å². The monoisotopic (exact) mass is 304 g/mol.